The zero-order valence-electron chi connectivity index (χ0n) is 11.7. The van der Waals surface area contributed by atoms with Crippen LogP contribution in [0.1, 0.15) is 28.9 Å². The smallest absolute Gasteiger partial charge is 0.227 e. The summed E-state index contributed by atoms with van der Waals surface area (Å²) in [6, 6.07) is 6.03. The first-order chi connectivity index (χ1) is 9.65. The highest BCUT2D eigenvalue weighted by Crippen LogP contribution is 2.25. The number of carbonyl (C=O) groups excluding carboxylic acids is 1. The Hall–Kier alpha value is -2.17. The second kappa shape index (κ2) is 5.07. The van der Waals surface area contributed by atoms with E-state index in [1.54, 1.807) is 0 Å². The van der Waals surface area contributed by atoms with E-state index in [4.69, 9.17) is 0 Å². The molecule has 0 spiro atoms. The van der Waals surface area contributed by atoms with Gasteiger partial charge in [0.15, 0.2) is 0 Å². The van der Waals surface area contributed by atoms with E-state index in [2.05, 4.69) is 20.7 Å². The highest BCUT2D eigenvalue weighted by molar-refractivity contribution is 5.94. The van der Waals surface area contributed by atoms with Crippen molar-refractivity contribution in [3.63, 3.8) is 0 Å². The molecule has 1 atom stereocenters. The average Bonchev–Trinajstić information content (AvgIpc) is 2.90. The number of nitrogens with zero attached hydrogens (tertiary/aromatic N) is 2. The van der Waals surface area contributed by atoms with Gasteiger partial charge in [0.25, 0.3) is 0 Å². The minimum Gasteiger partial charge on any atom is -0.325 e. The van der Waals surface area contributed by atoms with Crippen LogP contribution in [0.5, 0.6) is 0 Å². The van der Waals surface area contributed by atoms with Crippen LogP contribution < -0.4 is 5.32 Å². The molecule has 0 saturated heterocycles. The first kappa shape index (κ1) is 12.8. The van der Waals surface area contributed by atoms with E-state index in [0.29, 0.717) is 6.42 Å². The van der Waals surface area contributed by atoms with Crippen molar-refractivity contribution in [2.45, 2.75) is 33.1 Å². The van der Waals surface area contributed by atoms with E-state index in [1.807, 2.05) is 32.0 Å². The molecule has 1 heterocycles. The van der Waals surface area contributed by atoms with Crippen LogP contribution >= 0.6 is 0 Å². The molecule has 1 amide bonds. The number of para-hydroxylation sites is 1. The predicted octanol–water partition coefficient (Wildman–Crippen LogP) is 2.17. The quantitative estimate of drug-likeness (QED) is 0.878. The molecule has 1 unspecified atom stereocenters. The SMILES string of the molecule is Cc1cccc(C)c1NC(=O)C1CCc2n[nH]nc2C1. The van der Waals surface area contributed by atoms with Gasteiger partial charge in [-0.2, -0.15) is 15.4 Å². The summed E-state index contributed by atoms with van der Waals surface area (Å²) in [5.74, 6) is 0.0580. The van der Waals surface area contributed by atoms with Crippen molar-refractivity contribution in [3.8, 4) is 0 Å². The summed E-state index contributed by atoms with van der Waals surface area (Å²) < 4.78 is 0. The fraction of sp³-hybridized carbons (Fsp3) is 0.400. The lowest BCUT2D eigenvalue weighted by molar-refractivity contribution is -0.120. The maximum atomic E-state index is 12.4. The zero-order chi connectivity index (χ0) is 14.1. The molecule has 20 heavy (non-hydrogen) atoms. The van der Waals surface area contributed by atoms with Crippen LogP contribution in [0, 0.1) is 19.8 Å². The van der Waals surface area contributed by atoms with Crippen molar-refractivity contribution in [3.05, 3.63) is 40.7 Å². The topological polar surface area (TPSA) is 70.7 Å². The second-order valence-electron chi connectivity index (χ2n) is 5.41. The van der Waals surface area contributed by atoms with Crippen LogP contribution in [0.25, 0.3) is 0 Å². The fourth-order valence-corrected chi connectivity index (χ4v) is 2.75. The Morgan fingerprint density at radius 2 is 1.95 bits per heavy atom. The summed E-state index contributed by atoms with van der Waals surface area (Å²) in [6.45, 7) is 4.03. The number of aryl methyl sites for hydroxylation is 3. The van der Waals surface area contributed by atoms with Gasteiger partial charge in [0.1, 0.15) is 0 Å². The standard InChI is InChI=1S/C15H18N4O/c1-9-4-3-5-10(2)14(9)16-15(20)11-6-7-12-13(8-11)18-19-17-12/h3-5,11H,6-8H2,1-2H3,(H,16,20)(H,17,18,19). The van der Waals surface area contributed by atoms with E-state index in [9.17, 15) is 4.79 Å². The highest BCUT2D eigenvalue weighted by Gasteiger charge is 2.27. The lowest BCUT2D eigenvalue weighted by atomic mass is 9.89. The van der Waals surface area contributed by atoms with Gasteiger partial charge in [-0.15, -0.1) is 0 Å². The monoisotopic (exact) mass is 270 g/mol. The Bertz CT molecular complexity index is 627. The Labute approximate surface area is 117 Å². The van der Waals surface area contributed by atoms with Gasteiger partial charge in [-0.25, -0.2) is 0 Å². The molecule has 0 radical (unpaired) electrons. The molecule has 1 aliphatic rings. The molecular formula is C15H18N4O. The van der Waals surface area contributed by atoms with Crippen LogP contribution in [-0.2, 0) is 17.6 Å². The molecule has 3 rings (SSSR count). The molecule has 1 aliphatic carbocycles. The van der Waals surface area contributed by atoms with Gasteiger partial charge in [0, 0.05) is 18.0 Å². The third kappa shape index (κ3) is 2.31. The summed E-state index contributed by atoms with van der Waals surface area (Å²) in [5.41, 5.74) is 5.05. The van der Waals surface area contributed by atoms with E-state index in [0.717, 1.165) is 41.0 Å². The van der Waals surface area contributed by atoms with Gasteiger partial charge < -0.3 is 5.32 Å². The van der Waals surface area contributed by atoms with Crippen molar-refractivity contribution in [2.75, 3.05) is 5.32 Å². The van der Waals surface area contributed by atoms with E-state index in [1.165, 1.54) is 0 Å². The van der Waals surface area contributed by atoms with Crippen LogP contribution in [0.2, 0.25) is 0 Å². The second-order valence-corrected chi connectivity index (χ2v) is 5.41. The normalized spacial score (nSPS) is 17.6. The van der Waals surface area contributed by atoms with Crippen molar-refractivity contribution in [1.82, 2.24) is 15.4 Å². The lowest BCUT2D eigenvalue weighted by Gasteiger charge is -2.21. The Kier molecular flexibility index (Phi) is 3.26. The summed E-state index contributed by atoms with van der Waals surface area (Å²) in [4.78, 5) is 12.4. The van der Waals surface area contributed by atoms with Crippen LogP contribution in [0.4, 0.5) is 5.69 Å². The summed E-state index contributed by atoms with van der Waals surface area (Å²) in [5, 5.41) is 13.9. The number of anilines is 1. The molecule has 104 valence electrons. The molecule has 1 aromatic heterocycles. The van der Waals surface area contributed by atoms with Gasteiger partial charge in [0.05, 0.1) is 11.4 Å². The average molecular weight is 270 g/mol. The minimum atomic E-state index is -0.0217. The number of nitrogens with one attached hydrogen (secondary N) is 2. The van der Waals surface area contributed by atoms with Gasteiger partial charge >= 0.3 is 0 Å². The predicted molar refractivity (Wildman–Crippen MR) is 76.4 cm³/mol. The third-order valence-electron chi connectivity index (χ3n) is 3.97. The van der Waals surface area contributed by atoms with Crippen LogP contribution in [0.15, 0.2) is 18.2 Å². The van der Waals surface area contributed by atoms with Gasteiger partial charge in [0.2, 0.25) is 5.91 Å². The molecule has 0 fully saturated rings. The van der Waals surface area contributed by atoms with E-state index >= 15 is 0 Å². The number of aromatic amines is 1. The molecule has 5 nitrogen and oxygen atoms in total. The Morgan fingerprint density at radius 1 is 1.25 bits per heavy atom. The van der Waals surface area contributed by atoms with E-state index in [-0.39, 0.29) is 11.8 Å². The Morgan fingerprint density at radius 3 is 2.70 bits per heavy atom. The van der Waals surface area contributed by atoms with Gasteiger partial charge in [-0.05, 0) is 37.8 Å². The first-order valence-corrected chi connectivity index (χ1v) is 6.90. The van der Waals surface area contributed by atoms with E-state index < -0.39 is 0 Å². The number of hydrogen-bond acceptors (Lipinski definition) is 3. The Balaban J connectivity index is 1.75. The summed E-state index contributed by atoms with van der Waals surface area (Å²) in [7, 11) is 0. The largest absolute Gasteiger partial charge is 0.325 e. The van der Waals surface area contributed by atoms with Crippen LogP contribution in [-0.4, -0.2) is 21.3 Å². The number of carbonyl (C=O) groups is 1. The van der Waals surface area contributed by atoms with Crippen molar-refractivity contribution >= 4 is 11.6 Å². The van der Waals surface area contributed by atoms with Crippen LogP contribution in [0.3, 0.4) is 0 Å². The number of aromatic nitrogens is 3. The number of H-pyrrole nitrogens is 1. The number of fused-ring (bicyclic) bond motifs is 1. The lowest BCUT2D eigenvalue weighted by Crippen LogP contribution is -2.28. The molecule has 1 aromatic carbocycles. The summed E-state index contributed by atoms with van der Waals surface area (Å²) in [6.07, 6.45) is 2.32. The number of benzene rings is 1. The number of rotatable bonds is 2. The van der Waals surface area contributed by atoms with Gasteiger partial charge in [-0.3, -0.25) is 4.79 Å². The molecule has 2 aromatic rings. The fourth-order valence-electron chi connectivity index (χ4n) is 2.75. The molecular weight excluding hydrogens is 252 g/mol. The molecule has 0 aliphatic heterocycles. The van der Waals surface area contributed by atoms with Gasteiger partial charge in [-0.1, -0.05) is 18.2 Å². The number of amides is 1. The zero-order valence-corrected chi connectivity index (χ0v) is 11.7. The molecule has 0 bridgehead atoms. The van der Waals surface area contributed by atoms with Crippen molar-refractivity contribution < 1.29 is 4.79 Å². The van der Waals surface area contributed by atoms with Crippen molar-refractivity contribution in [1.29, 1.82) is 0 Å². The third-order valence-corrected chi connectivity index (χ3v) is 3.97. The first-order valence-electron chi connectivity index (χ1n) is 6.90. The molecule has 2 N–H and O–H groups in total. The number of hydrogen-bond donors (Lipinski definition) is 2. The summed E-state index contributed by atoms with van der Waals surface area (Å²) >= 11 is 0. The molecule has 5 heteroatoms. The maximum absolute atomic E-state index is 12.4. The van der Waals surface area contributed by atoms with Crippen molar-refractivity contribution in [2.24, 2.45) is 5.92 Å². The molecule has 0 saturated carbocycles. The maximum Gasteiger partial charge on any atom is 0.227 e. The minimum absolute atomic E-state index is 0.0217. The highest BCUT2D eigenvalue weighted by atomic mass is 16.1.